The minimum atomic E-state index is 0.385. The van der Waals surface area contributed by atoms with Gasteiger partial charge in [-0.1, -0.05) is 0 Å². The maximum Gasteiger partial charge on any atom is 0.171 e. The fraction of sp³-hybridized carbons (Fsp3) is 0.333. The highest BCUT2D eigenvalue weighted by atomic mass is 16.5. The summed E-state index contributed by atoms with van der Waals surface area (Å²) in [6.45, 7) is 2.35. The lowest BCUT2D eigenvalue weighted by molar-refractivity contribution is 0.0794. The zero-order valence-electron chi connectivity index (χ0n) is 12.7. The van der Waals surface area contributed by atoms with Crippen LogP contribution in [0, 0.1) is 0 Å². The molecule has 8 heteroatoms. The van der Waals surface area contributed by atoms with Gasteiger partial charge in [-0.2, -0.15) is 5.10 Å². The number of aryl methyl sites for hydroxylation is 1. The second-order valence-corrected chi connectivity index (χ2v) is 5.26. The van der Waals surface area contributed by atoms with Gasteiger partial charge in [-0.05, 0) is 24.3 Å². The van der Waals surface area contributed by atoms with Crippen molar-refractivity contribution in [2.24, 2.45) is 7.05 Å². The summed E-state index contributed by atoms with van der Waals surface area (Å²) in [6.07, 6.45) is 1.54. The minimum absolute atomic E-state index is 0.385. The van der Waals surface area contributed by atoms with Crippen LogP contribution in [0.3, 0.4) is 0 Å². The van der Waals surface area contributed by atoms with Gasteiger partial charge in [-0.25, -0.2) is 9.67 Å². The van der Waals surface area contributed by atoms with Crippen LogP contribution >= 0.6 is 0 Å². The summed E-state index contributed by atoms with van der Waals surface area (Å²) in [7, 11) is 1.87. The first-order chi connectivity index (χ1) is 11.3. The molecule has 0 N–H and O–H groups in total. The molecule has 0 radical (unpaired) electrons. The van der Waals surface area contributed by atoms with Crippen molar-refractivity contribution in [3.05, 3.63) is 42.2 Å². The molecule has 2 aromatic heterocycles. The van der Waals surface area contributed by atoms with E-state index in [1.54, 1.807) is 4.68 Å². The highest BCUT2D eigenvalue weighted by Gasteiger charge is 2.16. The first kappa shape index (κ1) is 13.9. The Labute approximate surface area is 132 Å². The van der Waals surface area contributed by atoms with Crippen molar-refractivity contribution >= 4 is 0 Å². The summed E-state index contributed by atoms with van der Waals surface area (Å²) in [5, 5.41) is 12.4. The largest absolute Gasteiger partial charge is 0.486 e. The third-order valence-corrected chi connectivity index (χ3v) is 3.79. The van der Waals surface area contributed by atoms with E-state index >= 15 is 0 Å². The SMILES string of the molecule is Cn1ncnc1-c1ccc(OCc2nnc3n2CCOC3)cc1. The van der Waals surface area contributed by atoms with Crippen molar-refractivity contribution in [3.8, 4) is 17.1 Å². The van der Waals surface area contributed by atoms with E-state index in [1.807, 2.05) is 31.3 Å². The van der Waals surface area contributed by atoms with E-state index in [1.165, 1.54) is 6.33 Å². The number of hydrogen-bond acceptors (Lipinski definition) is 6. The lowest BCUT2D eigenvalue weighted by Gasteiger charge is -2.15. The molecule has 4 rings (SSSR count). The molecule has 1 aliphatic rings. The zero-order chi connectivity index (χ0) is 15.6. The zero-order valence-corrected chi connectivity index (χ0v) is 12.7. The van der Waals surface area contributed by atoms with Gasteiger partial charge in [-0.3, -0.25) is 0 Å². The summed E-state index contributed by atoms with van der Waals surface area (Å²) in [4.78, 5) is 4.23. The van der Waals surface area contributed by atoms with Crippen LogP contribution in [-0.2, 0) is 31.5 Å². The normalized spacial score (nSPS) is 13.8. The van der Waals surface area contributed by atoms with Crippen LogP contribution in [0.4, 0.5) is 0 Å². The molecule has 3 aromatic rings. The Bertz CT molecular complexity index is 808. The van der Waals surface area contributed by atoms with Gasteiger partial charge in [0.1, 0.15) is 25.3 Å². The smallest absolute Gasteiger partial charge is 0.171 e. The summed E-state index contributed by atoms with van der Waals surface area (Å²) < 4.78 is 15.0. The van der Waals surface area contributed by atoms with Crippen LogP contribution in [0.25, 0.3) is 11.4 Å². The molecule has 0 unspecified atom stereocenters. The number of hydrogen-bond donors (Lipinski definition) is 0. The molecule has 0 saturated carbocycles. The van der Waals surface area contributed by atoms with E-state index < -0.39 is 0 Å². The third kappa shape index (κ3) is 2.68. The predicted molar refractivity (Wildman–Crippen MR) is 80.4 cm³/mol. The Balaban J connectivity index is 1.46. The van der Waals surface area contributed by atoms with Gasteiger partial charge in [0, 0.05) is 19.2 Å². The molecule has 1 aliphatic heterocycles. The molecular weight excluding hydrogens is 296 g/mol. The molecule has 3 heterocycles. The maximum atomic E-state index is 5.81. The molecule has 23 heavy (non-hydrogen) atoms. The van der Waals surface area contributed by atoms with Gasteiger partial charge < -0.3 is 14.0 Å². The fourth-order valence-corrected chi connectivity index (χ4v) is 2.57. The summed E-state index contributed by atoms with van der Waals surface area (Å²) in [5.74, 6) is 3.27. The van der Waals surface area contributed by atoms with Gasteiger partial charge >= 0.3 is 0 Å². The maximum absolute atomic E-state index is 5.81. The Hall–Kier alpha value is -2.74. The van der Waals surface area contributed by atoms with Crippen molar-refractivity contribution in [1.82, 2.24) is 29.5 Å². The average molecular weight is 312 g/mol. The van der Waals surface area contributed by atoms with Gasteiger partial charge in [0.15, 0.2) is 17.5 Å². The molecule has 0 fully saturated rings. The molecule has 8 nitrogen and oxygen atoms in total. The molecule has 0 aliphatic carbocycles. The van der Waals surface area contributed by atoms with Crippen LogP contribution < -0.4 is 4.74 Å². The van der Waals surface area contributed by atoms with Gasteiger partial charge in [0.2, 0.25) is 0 Å². The molecule has 1 aromatic carbocycles. The van der Waals surface area contributed by atoms with Crippen molar-refractivity contribution in [2.75, 3.05) is 6.61 Å². The van der Waals surface area contributed by atoms with Gasteiger partial charge in [0.05, 0.1) is 6.61 Å². The summed E-state index contributed by atoms with van der Waals surface area (Å²) in [6, 6.07) is 7.76. The van der Waals surface area contributed by atoms with E-state index in [4.69, 9.17) is 9.47 Å². The Kier molecular flexibility index (Phi) is 3.51. The van der Waals surface area contributed by atoms with E-state index in [0.717, 1.165) is 35.3 Å². The standard InChI is InChI=1S/C15H16N6O2/c1-20-15(16-10-17-20)11-2-4-12(5-3-11)23-9-14-19-18-13-8-22-7-6-21(13)14/h2-5,10H,6-9H2,1H3. The topological polar surface area (TPSA) is 79.9 Å². The van der Waals surface area contributed by atoms with Crippen LogP contribution in [0.2, 0.25) is 0 Å². The predicted octanol–water partition coefficient (Wildman–Crippen LogP) is 1.18. The highest BCUT2D eigenvalue weighted by Crippen LogP contribution is 2.20. The number of aromatic nitrogens is 6. The molecule has 118 valence electrons. The van der Waals surface area contributed by atoms with Crippen molar-refractivity contribution in [2.45, 2.75) is 19.8 Å². The Morgan fingerprint density at radius 3 is 2.87 bits per heavy atom. The lowest BCUT2D eigenvalue weighted by atomic mass is 10.2. The molecule has 0 saturated heterocycles. The minimum Gasteiger partial charge on any atom is -0.486 e. The van der Waals surface area contributed by atoms with E-state index in [-0.39, 0.29) is 0 Å². The summed E-state index contributed by atoms with van der Waals surface area (Å²) in [5.41, 5.74) is 0.995. The molecule has 0 bridgehead atoms. The second-order valence-electron chi connectivity index (χ2n) is 5.26. The van der Waals surface area contributed by atoms with Crippen molar-refractivity contribution < 1.29 is 9.47 Å². The Morgan fingerprint density at radius 2 is 2.09 bits per heavy atom. The molecule has 0 spiro atoms. The average Bonchev–Trinajstić information content (AvgIpc) is 3.20. The van der Waals surface area contributed by atoms with Gasteiger partial charge in [0.25, 0.3) is 0 Å². The number of benzene rings is 1. The van der Waals surface area contributed by atoms with Crippen LogP contribution in [0.1, 0.15) is 11.6 Å². The summed E-state index contributed by atoms with van der Waals surface area (Å²) >= 11 is 0. The molecular formula is C15H16N6O2. The van der Waals surface area contributed by atoms with Gasteiger partial charge in [-0.15, -0.1) is 10.2 Å². The monoisotopic (exact) mass is 312 g/mol. The van der Waals surface area contributed by atoms with Crippen LogP contribution in [0.5, 0.6) is 5.75 Å². The number of ether oxygens (including phenoxy) is 2. The highest BCUT2D eigenvalue weighted by molar-refractivity contribution is 5.56. The van der Waals surface area contributed by atoms with E-state index in [2.05, 4.69) is 24.8 Å². The lowest BCUT2D eigenvalue weighted by Crippen LogP contribution is -2.19. The second kappa shape index (κ2) is 5.81. The number of rotatable bonds is 4. The molecule has 0 amide bonds. The fourth-order valence-electron chi connectivity index (χ4n) is 2.57. The Morgan fingerprint density at radius 1 is 1.22 bits per heavy atom. The third-order valence-electron chi connectivity index (χ3n) is 3.79. The quantitative estimate of drug-likeness (QED) is 0.720. The number of nitrogens with zero attached hydrogens (tertiary/aromatic N) is 6. The van der Waals surface area contributed by atoms with E-state index in [9.17, 15) is 0 Å². The van der Waals surface area contributed by atoms with Crippen molar-refractivity contribution in [1.29, 1.82) is 0 Å². The number of fused-ring (bicyclic) bond motifs is 1. The van der Waals surface area contributed by atoms with Crippen molar-refractivity contribution in [3.63, 3.8) is 0 Å². The van der Waals surface area contributed by atoms with Crippen LogP contribution in [-0.4, -0.2) is 36.1 Å². The van der Waals surface area contributed by atoms with E-state index in [0.29, 0.717) is 19.8 Å². The first-order valence-electron chi connectivity index (χ1n) is 7.37. The first-order valence-corrected chi connectivity index (χ1v) is 7.37. The van der Waals surface area contributed by atoms with Crippen LogP contribution in [0.15, 0.2) is 30.6 Å². The molecule has 0 atom stereocenters.